The predicted octanol–water partition coefficient (Wildman–Crippen LogP) is 0.971. The third kappa shape index (κ3) is 1.60. The molecule has 0 aromatic rings. The number of nitrogens with one attached hydrogen (secondary N) is 2. The quantitative estimate of drug-likeness (QED) is 0.685. The molecule has 1 aliphatic heterocycles. The van der Waals surface area contributed by atoms with Crippen LogP contribution < -0.4 is 10.6 Å². The highest BCUT2D eigenvalue weighted by Gasteiger charge is 2.44. The summed E-state index contributed by atoms with van der Waals surface area (Å²) in [5.74, 6) is 4.11. The Balaban J connectivity index is 1.47. The van der Waals surface area contributed by atoms with Gasteiger partial charge in [-0.1, -0.05) is 12.8 Å². The van der Waals surface area contributed by atoms with Crippen LogP contribution in [0.5, 0.6) is 0 Å². The summed E-state index contributed by atoms with van der Waals surface area (Å²) >= 11 is 0. The topological polar surface area (TPSA) is 36.4 Å². The maximum Gasteiger partial charge on any atom is 0.191 e. The largest absolute Gasteiger partial charge is 0.356 e. The molecule has 0 saturated heterocycles. The number of nitrogens with zero attached hydrogens (tertiary/aromatic N) is 1. The molecule has 0 aromatic heterocycles. The zero-order valence-corrected chi connectivity index (χ0v) is 8.63. The van der Waals surface area contributed by atoms with Crippen LogP contribution in [0.1, 0.15) is 25.7 Å². The van der Waals surface area contributed by atoms with Crippen molar-refractivity contribution in [2.75, 3.05) is 19.6 Å². The Morgan fingerprint density at radius 3 is 3.29 bits per heavy atom. The van der Waals surface area contributed by atoms with Crippen LogP contribution in [0.25, 0.3) is 0 Å². The molecule has 2 aliphatic carbocycles. The highest BCUT2D eigenvalue weighted by molar-refractivity contribution is 5.81. The highest BCUT2D eigenvalue weighted by Crippen LogP contribution is 2.52. The zero-order valence-electron chi connectivity index (χ0n) is 8.63. The Morgan fingerprint density at radius 1 is 1.43 bits per heavy atom. The minimum atomic E-state index is 0.929. The fourth-order valence-electron chi connectivity index (χ4n) is 3.03. The number of aliphatic imine (C=N–C) groups is 1. The molecule has 2 fully saturated rings. The summed E-state index contributed by atoms with van der Waals surface area (Å²) in [5, 5.41) is 6.71. The van der Waals surface area contributed by atoms with Gasteiger partial charge in [0.15, 0.2) is 5.96 Å². The van der Waals surface area contributed by atoms with Crippen molar-refractivity contribution in [3.8, 4) is 0 Å². The Kier molecular flexibility index (Phi) is 2.11. The van der Waals surface area contributed by atoms with Crippen LogP contribution in [0.15, 0.2) is 4.99 Å². The van der Waals surface area contributed by atoms with E-state index in [9.17, 15) is 0 Å². The van der Waals surface area contributed by atoms with Gasteiger partial charge in [-0.2, -0.15) is 0 Å². The van der Waals surface area contributed by atoms with Gasteiger partial charge >= 0.3 is 0 Å². The number of fused-ring (bicyclic) bond motifs is 1. The lowest BCUT2D eigenvalue weighted by Gasteiger charge is -2.21. The Morgan fingerprint density at radius 2 is 2.43 bits per heavy atom. The molecule has 3 rings (SSSR count). The van der Waals surface area contributed by atoms with E-state index in [1.807, 2.05) is 0 Å². The van der Waals surface area contributed by atoms with Crippen molar-refractivity contribution in [1.29, 1.82) is 0 Å². The summed E-state index contributed by atoms with van der Waals surface area (Å²) < 4.78 is 0. The van der Waals surface area contributed by atoms with Gasteiger partial charge in [0.25, 0.3) is 0 Å². The molecular weight excluding hydrogens is 174 g/mol. The molecule has 0 amide bonds. The average molecular weight is 193 g/mol. The first kappa shape index (κ1) is 8.57. The molecule has 0 bridgehead atoms. The van der Waals surface area contributed by atoms with Crippen molar-refractivity contribution < 1.29 is 0 Å². The normalized spacial score (nSPS) is 39.7. The third-order valence-corrected chi connectivity index (χ3v) is 3.94. The standard InChI is InChI=1S/C11H19N3/c1-2-8-6-10(8)9(3-1)7-14-11-12-4-5-13-11/h8-10H,1-7H2,(H2,12,13,14). The lowest BCUT2D eigenvalue weighted by atomic mass is 9.89. The highest BCUT2D eigenvalue weighted by atomic mass is 15.2. The van der Waals surface area contributed by atoms with Crippen LogP contribution in [0.2, 0.25) is 0 Å². The van der Waals surface area contributed by atoms with Crippen molar-refractivity contribution >= 4 is 5.96 Å². The first-order valence-electron chi connectivity index (χ1n) is 5.95. The number of rotatable bonds is 2. The van der Waals surface area contributed by atoms with Gasteiger partial charge in [0, 0.05) is 13.1 Å². The first-order valence-corrected chi connectivity index (χ1v) is 5.95. The van der Waals surface area contributed by atoms with E-state index < -0.39 is 0 Å². The average Bonchev–Trinajstić information content (AvgIpc) is 2.83. The summed E-state index contributed by atoms with van der Waals surface area (Å²) in [6.07, 6.45) is 5.89. The van der Waals surface area contributed by atoms with E-state index in [1.165, 1.54) is 25.7 Å². The van der Waals surface area contributed by atoms with Crippen LogP contribution in [-0.4, -0.2) is 25.6 Å². The fraction of sp³-hybridized carbons (Fsp3) is 0.909. The first-order chi connectivity index (χ1) is 6.93. The summed E-state index contributed by atoms with van der Waals surface area (Å²) in [5.41, 5.74) is 0. The summed E-state index contributed by atoms with van der Waals surface area (Å²) in [7, 11) is 0. The Hall–Kier alpha value is -0.730. The maximum absolute atomic E-state index is 4.35. The second-order valence-corrected chi connectivity index (χ2v) is 4.89. The molecule has 3 atom stereocenters. The lowest BCUT2D eigenvalue weighted by Crippen LogP contribution is -2.37. The SMILES string of the molecule is C1CC(CNC2=NCCN2)C2CC2C1. The second kappa shape index (κ2) is 3.44. The van der Waals surface area contributed by atoms with Crippen LogP contribution in [-0.2, 0) is 0 Å². The Labute approximate surface area is 85.4 Å². The van der Waals surface area contributed by atoms with Crippen molar-refractivity contribution in [2.24, 2.45) is 22.7 Å². The number of guanidine groups is 1. The van der Waals surface area contributed by atoms with Crippen LogP contribution in [0.4, 0.5) is 0 Å². The molecule has 1 heterocycles. The molecular formula is C11H19N3. The van der Waals surface area contributed by atoms with E-state index in [0.717, 1.165) is 43.3 Å². The van der Waals surface area contributed by atoms with Gasteiger partial charge in [-0.15, -0.1) is 0 Å². The van der Waals surface area contributed by atoms with Gasteiger partial charge in [0.05, 0.1) is 6.54 Å². The molecule has 0 spiro atoms. The van der Waals surface area contributed by atoms with Crippen LogP contribution >= 0.6 is 0 Å². The van der Waals surface area contributed by atoms with Gasteiger partial charge < -0.3 is 10.6 Å². The van der Waals surface area contributed by atoms with E-state index in [2.05, 4.69) is 15.6 Å². The smallest absolute Gasteiger partial charge is 0.191 e. The monoisotopic (exact) mass is 193 g/mol. The van der Waals surface area contributed by atoms with Gasteiger partial charge in [-0.05, 0) is 30.6 Å². The number of hydrogen-bond acceptors (Lipinski definition) is 3. The summed E-state index contributed by atoms with van der Waals surface area (Å²) in [6.45, 7) is 3.10. The molecule has 3 unspecified atom stereocenters. The van der Waals surface area contributed by atoms with Crippen molar-refractivity contribution in [3.63, 3.8) is 0 Å². The molecule has 3 aliphatic rings. The van der Waals surface area contributed by atoms with E-state index in [1.54, 1.807) is 0 Å². The lowest BCUT2D eigenvalue weighted by molar-refractivity contribution is 0.334. The molecule has 0 radical (unpaired) electrons. The van der Waals surface area contributed by atoms with Crippen molar-refractivity contribution in [3.05, 3.63) is 0 Å². The minimum absolute atomic E-state index is 0.929. The molecule has 2 saturated carbocycles. The maximum atomic E-state index is 4.35. The molecule has 2 N–H and O–H groups in total. The van der Waals surface area contributed by atoms with E-state index >= 15 is 0 Å². The van der Waals surface area contributed by atoms with Gasteiger partial charge in [-0.25, -0.2) is 0 Å². The van der Waals surface area contributed by atoms with Crippen molar-refractivity contribution in [2.45, 2.75) is 25.7 Å². The predicted molar refractivity (Wildman–Crippen MR) is 57.2 cm³/mol. The minimum Gasteiger partial charge on any atom is -0.356 e. The van der Waals surface area contributed by atoms with Gasteiger partial charge in [0.1, 0.15) is 0 Å². The zero-order chi connectivity index (χ0) is 9.38. The second-order valence-electron chi connectivity index (χ2n) is 4.89. The number of hydrogen-bond donors (Lipinski definition) is 2. The van der Waals surface area contributed by atoms with E-state index in [-0.39, 0.29) is 0 Å². The molecule has 3 heteroatoms. The Bertz CT molecular complexity index is 249. The van der Waals surface area contributed by atoms with E-state index in [4.69, 9.17) is 0 Å². The van der Waals surface area contributed by atoms with Crippen molar-refractivity contribution in [1.82, 2.24) is 10.6 Å². The molecule has 3 nitrogen and oxygen atoms in total. The summed E-state index contributed by atoms with van der Waals surface area (Å²) in [4.78, 5) is 4.35. The summed E-state index contributed by atoms with van der Waals surface area (Å²) in [6, 6.07) is 0. The van der Waals surface area contributed by atoms with Crippen LogP contribution in [0, 0.1) is 17.8 Å². The van der Waals surface area contributed by atoms with Crippen LogP contribution in [0.3, 0.4) is 0 Å². The molecule has 78 valence electrons. The molecule has 0 aromatic carbocycles. The molecule has 14 heavy (non-hydrogen) atoms. The van der Waals surface area contributed by atoms with Gasteiger partial charge in [-0.3, -0.25) is 4.99 Å². The fourth-order valence-corrected chi connectivity index (χ4v) is 3.03. The van der Waals surface area contributed by atoms with Gasteiger partial charge in [0.2, 0.25) is 0 Å². The third-order valence-electron chi connectivity index (χ3n) is 3.94. The van der Waals surface area contributed by atoms with E-state index in [0.29, 0.717) is 0 Å².